The molecular weight excluding hydrogens is 374 g/mol. The molecule has 0 radical (unpaired) electrons. The second-order valence-corrected chi connectivity index (χ2v) is 7.11. The first-order valence-electron chi connectivity index (χ1n) is 8.71. The van der Waals surface area contributed by atoms with Crippen LogP contribution in [0.2, 0.25) is 0 Å². The first kappa shape index (κ1) is 18.2. The highest BCUT2D eigenvalue weighted by Crippen LogP contribution is 2.24. The second-order valence-electron chi connectivity index (χ2n) is 6.11. The summed E-state index contributed by atoms with van der Waals surface area (Å²) in [5.41, 5.74) is 2.86. The number of thioether (sulfide) groups is 1. The second kappa shape index (κ2) is 8.22. The van der Waals surface area contributed by atoms with Gasteiger partial charge in [0.25, 0.3) is 5.89 Å². The number of hydrogen-bond acceptors (Lipinski definition) is 7. The Morgan fingerprint density at radius 1 is 1.07 bits per heavy atom. The van der Waals surface area contributed by atoms with Gasteiger partial charge in [-0.1, -0.05) is 48.2 Å². The Morgan fingerprint density at radius 3 is 2.71 bits per heavy atom. The number of fused-ring (bicyclic) bond motifs is 1. The van der Waals surface area contributed by atoms with Crippen LogP contribution >= 0.6 is 11.8 Å². The van der Waals surface area contributed by atoms with Gasteiger partial charge in [-0.3, -0.25) is 4.79 Å². The molecule has 7 heteroatoms. The summed E-state index contributed by atoms with van der Waals surface area (Å²) in [4.78, 5) is 16.6. The smallest absolute Gasteiger partial charge is 0.316 e. The zero-order valence-corrected chi connectivity index (χ0v) is 16.0. The minimum absolute atomic E-state index is 0.0522. The van der Waals surface area contributed by atoms with Crippen molar-refractivity contribution < 1.29 is 13.9 Å². The number of nitrogens with zero attached hydrogens (tertiary/aromatic N) is 3. The standard InChI is InChI=1S/C21H17N3O3S/c1-14-11-19(22-17-10-6-5-9-16(14)17)28-13-20(25)26-12-18-23-24-21(27-18)15-7-3-2-4-8-15/h2-11H,12-13H2,1H3. The molecular formula is C21H17N3O3S. The number of esters is 1. The lowest BCUT2D eigenvalue weighted by Crippen LogP contribution is -2.07. The summed E-state index contributed by atoms with van der Waals surface area (Å²) in [6.45, 7) is 1.98. The zero-order valence-electron chi connectivity index (χ0n) is 15.2. The fourth-order valence-electron chi connectivity index (χ4n) is 2.72. The molecule has 6 nitrogen and oxygen atoms in total. The molecule has 2 heterocycles. The molecule has 2 aromatic carbocycles. The molecule has 140 valence electrons. The van der Waals surface area contributed by atoms with E-state index in [1.54, 1.807) is 0 Å². The molecule has 0 saturated heterocycles. The largest absolute Gasteiger partial charge is 0.455 e. The predicted octanol–water partition coefficient (Wildman–Crippen LogP) is 4.43. The molecule has 0 fully saturated rings. The van der Waals surface area contributed by atoms with E-state index < -0.39 is 0 Å². The number of aromatic nitrogens is 3. The fraction of sp³-hybridized carbons (Fsp3) is 0.143. The predicted molar refractivity (Wildman–Crippen MR) is 107 cm³/mol. The lowest BCUT2D eigenvalue weighted by atomic mass is 10.1. The Hall–Kier alpha value is -3.19. The van der Waals surface area contributed by atoms with Gasteiger partial charge in [0.1, 0.15) is 0 Å². The molecule has 0 amide bonds. The number of hydrogen-bond donors (Lipinski definition) is 0. The van der Waals surface area contributed by atoms with Gasteiger partial charge in [0.2, 0.25) is 5.89 Å². The van der Waals surface area contributed by atoms with E-state index in [9.17, 15) is 4.79 Å². The van der Waals surface area contributed by atoms with E-state index in [2.05, 4.69) is 15.2 Å². The van der Waals surface area contributed by atoms with Crippen LogP contribution in [0.1, 0.15) is 11.5 Å². The number of ether oxygens (including phenoxy) is 1. The Labute approximate surface area is 166 Å². The zero-order chi connectivity index (χ0) is 19.3. The van der Waals surface area contributed by atoms with Crippen molar-refractivity contribution in [3.8, 4) is 11.5 Å². The third-order valence-electron chi connectivity index (χ3n) is 4.08. The Balaban J connectivity index is 1.32. The third-order valence-corrected chi connectivity index (χ3v) is 4.97. The first-order chi connectivity index (χ1) is 13.7. The molecule has 0 spiro atoms. The topological polar surface area (TPSA) is 78.1 Å². The monoisotopic (exact) mass is 391 g/mol. The summed E-state index contributed by atoms with van der Waals surface area (Å²) in [6.07, 6.45) is 0. The molecule has 0 unspecified atom stereocenters. The molecule has 0 atom stereocenters. The van der Waals surface area contributed by atoms with Crippen LogP contribution in [0.4, 0.5) is 0 Å². The van der Waals surface area contributed by atoms with Crippen molar-refractivity contribution in [1.82, 2.24) is 15.2 Å². The lowest BCUT2D eigenvalue weighted by molar-refractivity contribution is -0.142. The Kier molecular flexibility index (Phi) is 5.34. The van der Waals surface area contributed by atoms with Gasteiger partial charge in [-0.05, 0) is 36.8 Å². The average Bonchev–Trinajstić information content (AvgIpc) is 3.21. The maximum absolute atomic E-state index is 12.1. The number of carbonyl (C=O) groups excluding carboxylic acids is 1. The van der Waals surface area contributed by atoms with Crippen molar-refractivity contribution in [2.75, 3.05) is 5.75 Å². The molecule has 0 aliphatic rings. The molecule has 0 N–H and O–H groups in total. The van der Waals surface area contributed by atoms with E-state index >= 15 is 0 Å². The van der Waals surface area contributed by atoms with E-state index in [0.29, 0.717) is 5.89 Å². The van der Waals surface area contributed by atoms with Crippen molar-refractivity contribution in [3.05, 3.63) is 72.1 Å². The SMILES string of the molecule is Cc1cc(SCC(=O)OCc2nnc(-c3ccccc3)o2)nc2ccccc12. The van der Waals surface area contributed by atoms with E-state index in [0.717, 1.165) is 27.1 Å². The fourth-order valence-corrected chi connectivity index (χ4v) is 3.49. The van der Waals surface area contributed by atoms with E-state index in [-0.39, 0.29) is 24.2 Å². The van der Waals surface area contributed by atoms with Crippen LogP contribution in [0.15, 0.2) is 70.1 Å². The third kappa shape index (κ3) is 4.20. The molecule has 2 aromatic heterocycles. The number of para-hydroxylation sites is 1. The van der Waals surface area contributed by atoms with Crippen LogP contribution in [0.3, 0.4) is 0 Å². The number of aryl methyl sites for hydroxylation is 1. The van der Waals surface area contributed by atoms with E-state index in [4.69, 9.17) is 9.15 Å². The van der Waals surface area contributed by atoms with Gasteiger partial charge < -0.3 is 9.15 Å². The van der Waals surface area contributed by atoms with Gasteiger partial charge >= 0.3 is 5.97 Å². The van der Waals surface area contributed by atoms with Crippen LogP contribution in [0.5, 0.6) is 0 Å². The quantitative estimate of drug-likeness (QED) is 0.355. The first-order valence-corrected chi connectivity index (χ1v) is 9.70. The average molecular weight is 391 g/mol. The number of rotatable bonds is 6. The van der Waals surface area contributed by atoms with Crippen molar-refractivity contribution in [1.29, 1.82) is 0 Å². The lowest BCUT2D eigenvalue weighted by Gasteiger charge is -2.06. The van der Waals surface area contributed by atoms with Crippen molar-refractivity contribution in [3.63, 3.8) is 0 Å². The van der Waals surface area contributed by atoms with Crippen molar-refractivity contribution >= 4 is 28.6 Å². The highest BCUT2D eigenvalue weighted by molar-refractivity contribution is 7.99. The molecule has 0 aliphatic heterocycles. The van der Waals surface area contributed by atoms with Crippen LogP contribution in [-0.4, -0.2) is 26.9 Å². The summed E-state index contributed by atoms with van der Waals surface area (Å²) in [6, 6.07) is 19.3. The minimum atomic E-state index is -0.364. The van der Waals surface area contributed by atoms with Gasteiger partial charge in [-0.2, -0.15) is 0 Å². The Bertz CT molecular complexity index is 1110. The molecule has 4 rings (SSSR count). The van der Waals surface area contributed by atoms with Crippen LogP contribution in [-0.2, 0) is 16.1 Å². The Morgan fingerprint density at radius 2 is 1.86 bits per heavy atom. The molecule has 4 aromatic rings. The molecule has 0 saturated carbocycles. The normalized spacial score (nSPS) is 10.9. The summed E-state index contributed by atoms with van der Waals surface area (Å²) in [5, 5.41) is 9.79. The van der Waals surface area contributed by atoms with Gasteiger partial charge in [-0.15, -0.1) is 10.2 Å². The summed E-state index contributed by atoms with van der Waals surface area (Å²) in [5.74, 6) is 0.454. The molecule has 0 bridgehead atoms. The number of benzene rings is 2. The van der Waals surface area contributed by atoms with Crippen molar-refractivity contribution in [2.24, 2.45) is 0 Å². The van der Waals surface area contributed by atoms with Gasteiger partial charge in [0.05, 0.1) is 16.3 Å². The summed E-state index contributed by atoms with van der Waals surface area (Å²) >= 11 is 1.34. The molecule has 28 heavy (non-hydrogen) atoms. The van der Waals surface area contributed by atoms with Gasteiger partial charge in [-0.25, -0.2) is 4.98 Å². The summed E-state index contributed by atoms with van der Waals surface area (Å²) in [7, 11) is 0. The number of carbonyl (C=O) groups is 1. The summed E-state index contributed by atoms with van der Waals surface area (Å²) < 4.78 is 10.8. The maximum Gasteiger partial charge on any atom is 0.316 e. The van der Waals surface area contributed by atoms with Crippen LogP contribution < -0.4 is 0 Å². The highest BCUT2D eigenvalue weighted by Gasteiger charge is 2.12. The molecule has 0 aliphatic carbocycles. The van der Waals surface area contributed by atoms with Crippen molar-refractivity contribution in [2.45, 2.75) is 18.6 Å². The highest BCUT2D eigenvalue weighted by atomic mass is 32.2. The number of pyridine rings is 1. The van der Waals surface area contributed by atoms with Crippen LogP contribution in [0.25, 0.3) is 22.4 Å². The van der Waals surface area contributed by atoms with Gasteiger partial charge in [0, 0.05) is 10.9 Å². The van der Waals surface area contributed by atoms with Gasteiger partial charge in [0.15, 0.2) is 6.61 Å². The van der Waals surface area contributed by atoms with E-state index in [1.165, 1.54) is 11.8 Å². The van der Waals surface area contributed by atoms with E-state index in [1.807, 2.05) is 67.6 Å². The van der Waals surface area contributed by atoms with Crippen LogP contribution in [0, 0.1) is 6.92 Å². The minimum Gasteiger partial charge on any atom is -0.455 e. The maximum atomic E-state index is 12.1.